The second-order valence-electron chi connectivity index (χ2n) is 5.37. The van der Waals surface area contributed by atoms with Crippen molar-refractivity contribution in [2.75, 3.05) is 0 Å². The SMILES string of the molecule is CCCCC/C=C\C/C=C\C/C=C/C/C=C/CCCC(=O)O. The predicted molar refractivity (Wildman–Crippen MR) is 96.0 cm³/mol. The summed E-state index contributed by atoms with van der Waals surface area (Å²) >= 11 is 0. The van der Waals surface area contributed by atoms with E-state index in [2.05, 4.69) is 55.5 Å². The molecule has 0 atom stereocenters. The van der Waals surface area contributed by atoms with Crippen molar-refractivity contribution in [3.63, 3.8) is 0 Å². The Morgan fingerprint density at radius 2 is 1.18 bits per heavy atom. The maximum atomic E-state index is 10.3. The van der Waals surface area contributed by atoms with Crippen molar-refractivity contribution in [2.24, 2.45) is 0 Å². The summed E-state index contributed by atoms with van der Waals surface area (Å²) in [5, 5.41) is 8.49. The van der Waals surface area contributed by atoms with E-state index in [1.54, 1.807) is 0 Å². The van der Waals surface area contributed by atoms with Crippen LogP contribution >= 0.6 is 0 Å². The molecule has 2 nitrogen and oxygen atoms in total. The zero-order valence-electron chi connectivity index (χ0n) is 14.0. The summed E-state index contributed by atoms with van der Waals surface area (Å²) in [5.74, 6) is -0.712. The molecule has 0 fully saturated rings. The Labute approximate surface area is 136 Å². The zero-order chi connectivity index (χ0) is 16.3. The van der Waals surface area contributed by atoms with E-state index in [4.69, 9.17) is 5.11 Å². The first-order valence-electron chi connectivity index (χ1n) is 8.59. The highest BCUT2D eigenvalue weighted by Crippen LogP contribution is 2.01. The molecule has 0 bridgehead atoms. The van der Waals surface area contributed by atoms with Crippen LogP contribution < -0.4 is 0 Å². The third-order valence-corrected chi connectivity index (χ3v) is 3.22. The molecule has 124 valence electrons. The fourth-order valence-corrected chi connectivity index (χ4v) is 1.93. The maximum Gasteiger partial charge on any atom is 0.303 e. The predicted octanol–water partition coefficient (Wildman–Crippen LogP) is 6.22. The van der Waals surface area contributed by atoms with Gasteiger partial charge in [0.15, 0.2) is 0 Å². The lowest BCUT2D eigenvalue weighted by Gasteiger charge is -1.90. The van der Waals surface area contributed by atoms with Crippen LogP contribution in [0, 0.1) is 0 Å². The number of allylic oxidation sites excluding steroid dienone is 8. The van der Waals surface area contributed by atoms with E-state index >= 15 is 0 Å². The molecule has 2 heteroatoms. The molecule has 0 amide bonds. The largest absolute Gasteiger partial charge is 0.481 e. The molecule has 0 aliphatic carbocycles. The van der Waals surface area contributed by atoms with Crippen molar-refractivity contribution >= 4 is 5.97 Å². The summed E-state index contributed by atoms with van der Waals surface area (Å²) in [6.45, 7) is 2.23. The highest BCUT2D eigenvalue weighted by molar-refractivity contribution is 5.66. The summed E-state index contributed by atoms with van der Waals surface area (Å²) in [6, 6.07) is 0. The van der Waals surface area contributed by atoms with E-state index in [-0.39, 0.29) is 6.42 Å². The van der Waals surface area contributed by atoms with Gasteiger partial charge in [-0.15, -0.1) is 0 Å². The molecule has 1 N–H and O–H groups in total. The van der Waals surface area contributed by atoms with Crippen LogP contribution in [0.15, 0.2) is 48.6 Å². The van der Waals surface area contributed by atoms with Crippen molar-refractivity contribution in [1.29, 1.82) is 0 Å². The molecule has 0 aromatic carbocycles. The second-order valence-corrected chi connectivity index (χ2v) is 5.37. The van der Waals surface area contributed by atoms with Crippen molar-refractivity contribution in [2.45, 2.75) is 71.1 Å². The molecule has 0 aliphatic rings. The topological polar surface area (TPSA) is 37.3 Å². The minimum absolute atomic E-state index is 0.262. The van der Waals surface area contributed by atoms with Gasteiger partial charge in [-0.25, -0.2) is 0 Å². The minimum Gasteiger partial charge on any atom is -0.481 e. The van der Waals surface area contributed by atoms with Gasteiger partial charge in [-0.1, -0.05) is 68.4 Å². The third kappa shape index (κ3) is 18.4. The Bertz CT molecular complexity index is 362. The molecule has 0 unspecified atom stereocenters. The average molecular weight is 304 g/mol. The van der Waals surface area contributed by atoms with Gasteiger partial charge in [-0.3, -0.25) is 4.79 Å². The molecule has 0 saturated heterocycles. The van der Waals surface area contributed by atoms with Crippen molar-refractivity contribution in [1.82, 2.24) is 0 Å². The molecule has 0 saturated carbocycles. The van der Waals surface area contributed by atoms with Crippen molar-refractivity contribution < 1.29 is 9.90 Å². The van der Waals surface area contributed by atoms with Gasteiger partial charge in [0, 0.05) is 6.42 Å². The van der Waals surface area contributed by atoms with Gasteiger partial charge >= 0.3 is 5.97 Å². The first-order chi connectivity index (χ1) is 10.8. The standard InChI is InChI=1S/C20H32O2/c1-2-3-4-5-6-7-8-9-10-11-12-13-14-15-16-17-18-19-20(21)22/h6-7,9-10,12-13,15-16H,2-5,8,11,14,17-19H2,1H3,(H,21,22)/b7-6-,10-9-,13-12+,16-15+. The molecule has 22 heavy (non-hydrogen) atoms. The van der Waals surface area contributed by atoms with E-state index in [1.807, 2.05) is 0 Å². The summed E-state index contributed by atoms with van der Waals surface area (Å²) in [4.78, 5) is 10.3. The van der Waals surface area contributed by atoms with Gasteiger partial charge in [0.2, 0.25) is 0 Å². The molecule has 0 spiro atoms. The molecule has 0 heterocycles. The first-order valence-corrected chi connectivity index (χ1v) is 8.59. The number of hydrogen-bond acceptors (Lipinski definition) is 1. The Morgan fingerprint density at radius 3 is 1.64 bits per heavy atom. The lowest BCUT2D eigenvalue weighted by Crippen LogP contribution is -1.92. The fraction of sp³-hybridized carbons (Fsp3) is 0.550. The number of carboxylic acid groups (broad SMARTS) is 1. The first kappa shape index (κ1) is 20.4. The zero-order valence-corrected chi connectivity index (χ0v) is 14.0. The number of hydrogen-bond donors (Lipinski definition) is 1. The Kier molecular flexibility index (Phi) is 16.2. The molecule has 0 aromatic rings. The lowest BCUT2D eigenvalue weighted by molar-refractivity contribution is -0.137. The smallest absolute Gasteiger partial charge is 0.303 e. The second kappa shape index (κ2) is 17.5. The highest BCUT2D eigenvalue weighted by atomic mass is 16.4. The number of rotatable bonds is 14. The number of carboxylic acids is 1. The quantitative estimate of drug-likeness (QED) is 0.305. The molecule has 0 rings (SSSR count). The Hall–Kier alpha value is -1.57. The summed E-state index contributed by atoms with van der Waals surface area (Å²) < 4.78 is 0. The van der Waals surface area contributed by atoms with Crippen LogP contribution in [-0.4, -0.2) is 11.1 Å². The van der Waals surface area contributed by atoms with E-state index < -0.39 is 5.97 Å². The Balaban J connectivity index is 3.40. The molecular formula is C20H32O2. The van der Waals surface area contributed by atoms with Crippen LogP contribution in [0.5, 0.6) is 0 Å². The van der Waals surface area contributed by atoms with Gasteiger partial charge in [0.1, 0.15) is 0 Å². The van der Waals surface area contributed by atoms with Gasteiger partial charge in [0.05, 0.1) is 0 Å². The summed E-state index contributed by atoms with van der Waals surface area (Å²) in [5.41, 5.74) is 0. The Morgan fingerprint density at radius 1 is 0.727 bits per heavy atom. The lowest BCUT2D eigenvalue weighted by atomic mass is 10.2. The van der Waals surface area contributed by atoms with Gasteiger partial charge in [-0.05, 0) is 44.9 Å². The van der Waals surface area contributed by atoms with E-state index in [1.165, 1.54) is 25.7 Å². The van der Waals surface area contributed by atoms with E-state index in [9.17, 15) is 4.79 Å². The van der Waals surface area contributed by atoms with Crippen LogP contribution in [0.2, 0.25) is 0 Å². The average Bonchev–Trinajstić information content (AvgIpc) is 2.50. The van der Waals surface area contributed by atoms with Gasteiger partial charge < -0.3 is 5.11 Å². The van der Waals surface area contributed by atoms with Crippen molar-refractivity contribution in [3.8, 4) is 0 Å². The summed E-state index contributed by atoms with van der Waals surface area (Å²) in [6.07, 6.45) is 27.3. The molecule has 0 aromatic heterocycles. The van der Waals surface area contributed by atoms with Gasteiger partial charge in [-0.2, -0.15) is 0 Å². The van der Waals surface area contributed by atoms with Crippen LogP contribution in [-0.2, 0) is 4.79 Å². The molecule has 0 radical (unpaired) electrons. The van der Waals surface area contributed by atoms with Gasteiger partial charge in [0.25, 0.3) is 0 Å². The number of aliphatic carboxylic acids is 1. The summed E-state index contributed by atoms with van der Waals surface area (Å²) in [7, 11) is 0. The molecule has 0 aliphatic heterocycles. The number of unbranched alkanes of at least 4 members (excludes halogenated alkanes) is 4. The highest BCUT2D eigenvalue weighted by Gasteiger charge is 1.92. The third-order valence-electron chi connectivity index (χ3n) is 3.22. The van der Waals surface area contributed by atoms with Crippen LogP contribution in [0.4, 0.5) is 0 Å². The van der Waals surface area contributed by atoms with E-state index in [0.717, 1.165) is 32.1 Å². The van der Waals surface area contributed by atoms with Crippen LogP contribution in [0.25, 0.3) is 0 Å². The van der Waals surface area contributed by atoms with Crippen molar-refractivity contribution in [3.05, 3.63) is 48.6 Å². The minimum atomic E-state index is -0.712. The fourth-order valence-electron chi connectivity index (χ4n) is 1.93. The van der Waals surface area contributed by atoms with Crippen LogP contribution in [0.3, 0.4) is 0 Å². The maximum absolute atomic E-state index is 10.3. The molecular weight excluding hydrogens is 272 g/mol. The van der Waals surface area contributed by atoms with E-state index in [0.29, 0.717) is 0 Å². The van der Waals surface area contributed by atoms with Crippen LogP contribution in [0.1, 0.15) is 71.1 Å². The number of carbonyl (C=O) groups is 1. The normalized spacial score (nSPS) is 12.4. The monoisotopic (exact) mass is 304 g/mol.